The summed E-state index contributed by atoms with van der Waals surface area (Å²) in [7, 11) is 0. The van der Waals surface area contributed by atoms with E-state index in [0.717, 1.165) is 24.8 Å². The van der Waals surface area contributed by atoms with Gasteiger partial charge in [-0.3, -0.25) is 14.4 Å². The van der Waals surface area contributed by atoms with Crippen molar-refractivity contribution in [1.29, 1.82) is 0 Å². The van der Waals surface area contributed by atoms with Crippen molar-refractivity contribution in [1.82, 2.24) is 0 Å². The zero-order chi connectivity index (χ0) is 21.8. The Hall–Kier alpha value is -2.43. The monoisotopic (exact) mass is 421 g/mol. The summed E-state index contributed by atoms with van der Waals surface area (Å²) < 4.78 is 5.50. The van der Waals surface area contributed by atoms with Crippen molar-refractivity contribution in [3.8, 4) is 0 Å². The third kappa shape index (κ3) is 3.52. The Balaban J connectivity index is 1.49. The van der Waals surface area contributed by atoms with Crippen LogP contribution >= 0.6 is 0 Å². The minimum atomic E-state index is -0.440. The van der Waals surface area contributed by atoms with E-state index in [1.165, 1.54) is 24.2 Å². The molecule has 4 aliphatic carbocycles. The maximum atomic E-state index is 13.3. The molecule has 1 atom stereocenters. The highest BCUT2D eigenvalue weighted by Gasteiger charge is 2.56. The van der Waals surface area contributed by atoms with Crippen molar-refractivity contribution < 1.29 is 19.1 Å². The van der Waals surface area contributed by atoms with Crippen LogP contribution in [0.25, 0.3) is 0 Å². The van der Waals surface area contributed by atoms with Gasteiger partial charge in [0.05, 0.1) is 24.6 Å². The Morgan fingerprint density at radius 2 is 1.81 bits per heavy atom. The summed E-state index contributed by atoms with van der Waals surface area (Å²) in [5.74, 6) is 0.865. The molecule has 4 bridgehead atoms. The van der Waals surface area contributed by atoms with Gasteiger partial charge in [0.15, 0.2) is 0 Å². The molecule has 0 radical (unpaired) electrons. The number of carbonyl (C=O) groups excluding carboxylic acids is 3. The van der Waals surface area contributed by atoms with Gasteiger partial charge in [-0.25, -0.2) is 4.90 Å². The van der Waals surface area contributed by atoms with Gasteiger partial charge in [-0.2, -0.15) is 0 Å². The number of imide groups is 1. The average Bonchev–Trinajstić information content (AvgIpc) is 2.98. The number of rotatable bonds is 5. The highest BCUT2D eigenvalue weighted by Crippen LogP contribution is 2.63. The quantitative estimate of drug-likeness (QED) is 0.397. The lowest BCUT2D eigenvalue weighted by molar-refractivity contribution is -0.159. The van der Waals surface area contributed by atoms with E-state index < -0.39 is 5.92 Å². The molecule has 5 aliphatic rings. The topological polar surface area (TPSA) is 63.7 Å². The van der Waals surface area contributed by atoms with Crippen molar-refractivity contribution in [3.05, 3.63) is 41.5 Å². The predicted molar refractivity (Wildman–Crippen MR) is 117 cm³/mol. The van der Waals surface area contributed by atoms with Gasteiger partial charge in [0.1, 0.15) is 0 Å². The van der Waals surface area contributed by atoms with E-state index in [4.69, 9.17) is 4.74 Å². The first-order valence-corrected chi connectivity index (χ1v) is 11.7. The molecule has 1 aromatic carbocycles. The van der Waals surface area contributed by atoms with Crippen molar-refractivity contribution in [2.75, 3.05) is 11.5 Å². The van der Waals surface area contributed by atoms with Gasteiger partial charge in [0.2, 0.25) is 5.91 Å². The lowest BCUT2D eigenvalue weighted by atomic mass is 9.46. The van der Waals surface area contributed by atoms with Gasteiger partial charge in [0.25, 0.3) is 5.91 Å². The molecule has 5 heteroatoms. The number of ether oxygens (including phenoxy) is 1. The van der Waals surface area contributed by atoms with Crippen molar-refractivity contribution in [2.45, 2.75) is 58.8 Å². The minimum absolute atomic E-state index is 0.0506. The van der Waals surface area contributed by atoms with Gasteiger partial charge in [0, 0.05) is 5.57 Å². The molecule has 1 unspecified atom stereocenters. The van der Waals surface area contributed by atoms with E-state index in [0.29, 0.717) is 35.6 Å². The Labute approximate surface area is 183 Å². The largest absolute Gasteiger partial charge is 0.466 e. The number of benzene rings is 1. The maximum absolute atomic E-state index is 13.3. The molecule has 4 saturated carbocycles. The van der Waals surface area contributed by atoms with Gasteiger partial charge in [-0.1, -0.05) is 18.2 Å². The van der Waals surface area contributed by atoms with Gasteiger partial charge < -0.3 is 4.74 Å². The molecule has 6 rings (SSSR count). The summed E-state index contributed by atoms with van der Waals surface area (Å²) in [6.45, 7) is 4.09. The average molecular weight is 422 g/mol. The first-order valence-electron chi connectivity index (χ1n) is 11.7. The highest BCUT2D eigenvalue weighted by molar-refractivity contribution is 6.28. The van der Waals surface area contributed by atoms with Crippen LogP contribution in [-0.2, 0) is 19.1 Å². The SMILES string of the molecule is CCOC(=O)C(C=C1CC(=O)N(c2cccc(C)c2)C1=O)C12CC3CC(CC(C3)C1)C2. The molecule has 0 spiro atoms. The number of nitrogens with zero attached hydrogens (tertiary/aromatic N) is 1. The van der Waals surface area contributed by atoms with Crippen LogP contribution in [0.3, 0.4) is 0 Å². The van der Waals surface area contributed by atoms with Crippen LogP contribution in [0.1, 0.15) is 57.4 Å². The maximum Gasteiger partial charge on any atom is 0.313 e. The Morgan fingerprint density at radius 3 is 2.39 bits per heavy atom. The summed E-state index contributed by atoms with van der Waals surface area (Å²) in [5, 5.41) is 0. The highest BCUT2D eigenvalue weighted by atomic mass is 16.5. The number of carbonyl (C=O) groups is 3. The molecule has 164 valence electrons. The molecule has 1 saturated heterocycles. The Bertz CT molecular complexity index is 927. The minimum Gasteiger partial charge on any atom is -0.466 e. The summed E-state index contributed by atoms with van der Waals surface area (Å²) in [6.07, 6.45) is 8.83. The lowest BCUT2D eigenvalue weighted by Gasteiger charge is -2.58. The van der Waals surface area contributed by atoms with Crippen LogP contribution in [0.4, 0.5) is 5.69 Å². The number of aryl methyl sites for hydroxylation is 1. The fraction of sp³-hybridized carbons (Fsp3) is 0.577. The van der Waals surface area contributed by atoms with Crippen LogP contribution < -0.4 is 4.90 Å². The van der Waals surface area contributed by atoms with Crippen LogP contribution in [0.15, 0.2) is 35.9 Å². The molecular formula is C26H31NO4. The van der Waals surface area contributed by atoms with E-state index in [1.54, 1.807) is 6.07 Å². The number of hydrogen-bond donors (Lipinski definition) is 0. The number of hydrogen-bond acceptors (Lipinski definition) is 4. The van der Waals surface area contributed by atoms with Gasteiger partial charge in [-0.05, 0) is 93.2 Å². The Morgan fingerprint density at radius 1 is 1.16 bits per heavy atom. The van der Waals surface area contributed by atoms with Crippen molar-refractivity contribution >= 4 is 23.5 Å². The number of anilines is 1. The molecule has 2 amide bonds. The second kappa shape index (κ2) is 7.61. The fourth-order valence-electron chi connectivity index (χ4n) is 7.22. The third-order valence-corrected chi connectivity index (χ3v) is 7.98. The smallest absolute Gasteiger partial charge is 0.313 e. The molecule has 5 fully saturated rings. The zero-order valence-corrected chi connectivity index (χ0v) is 18.4. The summed E-state index contributed by atoms with van der Waals surface area (Å²) in [4.78, 5) is 40.5. The number of amides is 2. The second-order valence-corrected chi connectivity index (χ2v) is 10.3. The van der Waals surface area contributed by atoms with E-state index >= 15 is 0 Å². The molecule has 5 nitrogen and oxygen atoms in total. The summed E-state index contributed by atoms with van der Waals surface area (Å²) in [5.41, 5.74) is 1.92. The van der Waals surface area contributed by atoms with Crippen LogP contribution in [-0.4, -0.2) is 24.4 Å². The predicted octanol–water partition coefficient (Wildman–Crippen LogP) is 4.58. The molecule has 1 heterocycles. The lowest BCUT2D eigenvalue weighted by Crippen LogP contribution is -2.51. The van der Waals surface area contributed by atoms with E-state index in [2.05, 4.69) is 0 Å². The summed E-state index contributed by atoms with van der Waals surface area (Å²) in [6, 6.07) is 7.42. The van der Waals surface area contributed by atoms with Crippen LogP contribution in [0.2, 0.25) is 0 Å². The zero-order valence-electron chi connectivity index (χ0n) is 18.4. The first-order chi connectivity index (χ1) is 14.9. The molecule has 31 heavy (non-hydrogen) atoms. The molecule has 0 aromatic heterocycles. The molecule has 1 aromatic rings. The standard InChI is InChI=1S/C26H31NO4/c1-3-31-25(30)22(26-13-17-8-18(14-26)10-19(9-17)15-26)11-20-12-23(28)27(24(20)29)21-6-4-5-16(2)7-21/h4-7,11,17-19,22H,3,8-10,12-15H2,1-2H3. The third-order valence-electron chi connectivity index (χ3n) is 7.98. The number of esters is 1. The second-order valence-electron chi connectivity index (χ2n) is 10.3. The van der Waals surface area contributed by atoms with Crippen LogP contribution in [0.5, 0.6) is 0 Å². The van der Waals surface area contributed by atoms with Crippen LogP contribution in [0, 0.1) is 36.0 Å². The van der Waals surface area contributed by atoms with Gasteiger partial charge >= 0.3 is 5.97 Å². The fourth-order valence-corrected chi connectivity index (χ4v) is 7.22. The van der Waals surface area contributed by atoms with Crippen molar-refractivity contribution in [3.63, 3.8) is 0 Å². The first kappa shape index (κ1) is 20.5. The molecule has 1 aliphatic heterocycles. The van der Waals surface area contributed by atoms with E-state index in [1.807, 2.05) is 38.1 Å². The Kier molecular flexibility index (Phi) is 5.03. The van der Waals surface area contributed by atoms with Crippen molar-refractivity contribution in [2.24, 2.45) is 29.1 Å². The van der Waals surface area contributed by atoms with E-state index in [9.17, 15) is 14.4 Å². The summed E-state index contributed by atoms with van der Waals surface area (Å²) >= 11 is 0. The molecular weight excluding hydrogens is 390 g/mol. The molecule has 0 N–H and O–H groups in total. The van der Waals surface area contributed by atoms with Gasteiger partial charge in [-0.15, -0.1) is 0 Å². The van der Waals surface area contributed by atoms with E-state index in [-0.39, 0.29) is 29.6 Å². The normalized spacial score (nSPS) is 33.9.